The predicted molar refractivity (Wildman–Crippen MR) is 183 cm³/mol. The number of piperazine rings is 1. The quantitative estimate of drug-likeness (QED) is 0.309. The number of rotatable bonds is 12. The topological polar surface area (TPSA) is 51.3 Å². The number of hydrogen-bond donors (Lipinski definition) is 1. The lowest BCUT2D eigenvalue weighted by Crippen LogP contribution is -2.58. The van der Waals surface area contributed by atoms with Gasteiger partial charge < -0.3 is 19.9 Å². The van der Waals surface area contributed by atoms with E-state index in [0.29, 0.717) is 24.6 Å². The Kier molecular flexibility index (Phi) is 11.1. The molecule has 8 heteroatoms. The van der Waals surface area contributed by atoms with Crippen molar-refractivity contribution >= 4 is 23.2 Å². The van der Waals surface area contributed by atoms with E-state index in [1.165, 1.54) is 48.3 Å². The molecule has 0 radical (unpaired) electrons. The molecule has 2 fully saturated rings. The largest absolute Gasteiger partial charge is 0.383 e. The van der Waals surface area contributed by atoms with Crippen LogP contribution in [-0.4, -0.2) is 98.8 Å². The smallest absolute Gasteiger partial charge is 0.240 e. The van der Waals surface area contributed by atoms with Gasteiger partial charge in [-0.05, 0) is 79.2 Å². The Labute approximate surface area is 274 Å². The number of methoxy groups -OCH3 is 1. The minimum Gasteiger partial charge on any atom is -0.383 e. The van der Waals surface area contributed by atoms with Gasteiger partial charge in [0.1, 0.15) is 0 Å². The zero-order chi connectivity index (χ0) is 31.0. The van der Waals surface area contributed by atoms with Crippen LogP contribution in [0.2, 0.25) is 5.02 Å². The van der Waals surface area contributed by atoms with E-state index in [4.69, 9.17) is 16.3 Å². The van der Waals surface area contributed by atoms with Crippen LogP contribution in [0.25, 0.3) is 0 Å². The number of fused-ring (bicyclic) bond motifs is 1. The van der Waals surface area contributed by atoms with E-state index in [9.17, 15) is 4.79 Å². The van der Waals surface area contributed by atoms with Crippen LogP contribution < -0.4 is 10.2 Å². The number of nitrogens with one attached hydrogen (secondary N) is 1. The van der Waals surface area contributed by atoms with Gasteiger partial charge in [-0.3, -0.25) is 14.6 Å². The maximum atomic E-state index is 14.5. The molecule has 45 heavy (non-hydrogen) atoms. The first-order valence-electron chi connectivity index (χ1n) is 16.7. The van der Waals surface area contributed by atoms with Crippen LogP contribution in [0.4, 0.5) is 5.69 Å². The van der Waals surface area contributed by atoms with Crippen molar-refractivity contribution < 1.29 is 9.53 Å². The lowest BCUT2D eigenvalue weighted by Gasteiger charge is -2.41. The fourth-order valence-electron chi connectivity index (χ4n) is 7.25. The van der Waals surface area contributed by atoms with Crippen molar-refractivity contribution in [3.05, 3.63) is 100 Å². The van der Waals surface area contributed by atoms with Crippen LogP contribution >= 0.6 is 11.6 Å². The van der Waals surface area contributed by atoms with Crippen molar-refractivity contribution in [1.29, 1.82) is 0 Å². The van der Waals surface area contributed by atoms with E-state index in [1.807, 2.05) is 12.1 Å². The van der Waals surface area contributed by atoms with Crippen LogP contribution in [0.5, 0.6) is 0 Å². The molecule has 3 heterocycles. The molecule has 6 rings (SSSR count). The van der Waals surface area contributed by atoms with Crippen molar-refractivity contribution in [1.82, 2.24) is 20.0 Å². The molecule has 1 N–H and O–H groups in total. The molecule has 0 spiro atoms. The second-order valence-electron chi connectivity index (χ2n) is 12.8. The fraction of sp³-hybridized carbons (Fsp3) is 0.486. The summed E-state index contributed by atoms with van der Waals surface area (Å²) in [7, 11) is 1.74. The van der Waals surface area contributed by atoms with Crippen LogP contribution in [0.1, 0.15) is 35.1 Å². The predicted octanol–water partition coefficient (Wildman–Crippen LogP) is 4.86. The van der Waals surface area contributed by atoms with Crippen LogP contribution in [0, 0.1) is 0 Å². The lowest BCUT2D eigenvalue weighted by atomic mass is 9.94. The van der Waals surface area contributed by atoms with Gasteiger partial charge in [-0.2, -0.15) is 0 Å². The molecule has 2 saturated heterocycles. The highest BCUT2D eigenvalue weighted by atomic mass is 35.5. The molecule has 0 aromatic heterocycles. The molecule has 7 nitrogen and oxygen atoms in total. The van der Waals surface area contributed by atoms with Crippen LogP contribution in [0.3, 0.4) is 0 Å². The molecular formula is C37H48ClN5O2. The van der Waals surface area contributed by atoms with E-state index >= 15 is 0 Å². The number of ether oxygens (including phenoxy) is 1. The molecule has 3 aromatic rings. The number of para-hydroxylation sites is 1. The first-order valence-corrected chi connectivity index (χ1v) is 17.1. The van der Waals surface area contributed by atoms with Crippen molar-refractivity contribution in [2.75, 3.05) is 71.0 Å². The third-order valence-corrected chi connectivity index (χ3v) is 10.0. The molecule has 240 valence electrons. The second kappa shape index (κ2) is 15.6. The van der Waals surface area contributed by atoms with Gasteiger partial charge in [0.2, 0.25) is 5.91 Å². The van der Waals surface area contributed by atoms with E-state index < -0.39 is 0 Å². The number of benzene rings is 3. The van der Waals surface area contributed by atoms with Gasteiger partial charge in [-0.1, -0.05) is 66.2 Å². The average molecular weight is 630 g/mol. The molecule has 3 aliphatic heterocycles. The van der Waals surface area contributed by atoms with E-state index in [2.05, 4.69) is 85.6 Å². The first kappa shape index (κ1) is 32.0. The summed E-state index contributed by atoms with van der Waals surface area (Å²) >= 11 is 6.24. The van der Waals surface area contributed by atoms with E-state index in [1.54, 1.807) is 7.11 Å². The third-order valence-electron chi connectivity index (χ3n) is 9.79. The minimum absolute atomic E-state index is 0.210. The number of carbonyl (C=O) groups is 1. The minimum atomic E-state index is -0.283. The maximum Gasteiger partial charge on any atom is 0.240 e. The summed E-state index contributed by atoms with van der Waals surface area (Å²) in [5, 5.41) is 4.46. The molecule has 0 unspecified atom stereocenters. The molecule has 0 saturated carbocycles. The number of likely N-dealkylation sites (tertiary alicyclic amines) is 1. The number of carbonyl (C=O) groups excluding carboxylic acids is 1. The Morgan fingerprint density at radius 3 is 2.40 bits per heavy atom. The van der Waals surface area contributed by atoms with E-state index in [-0.39, 0.29) is 18.0 Å². The number of anilines is 1. The fourth-order valence-corrected chi connectivity index (χ4v) is 7.37. The number of nitrogens with zero attached hydrogens (tertiary/aromatic N) is 4. The summed E-state index contributed by atoms with van der Waals surface area (Å²) in [5.41, 5.74) is 6.60. The van der Waals surface area contributed by atoms with Crippen molar-refractivity contribution in [3.8, 4) is 0 Å². The number of halogens is 1. The standard InChI is InChI=1S/C37H48ClN5O2/c1-45-23-22-43(28-34-25-30-8-2-3-9-31(30)26-39-34)36(24-29-12-14-33(38)15-13-29)37(44)42-20-18-41(19-21-42)35-11-5-4-10-32(35)27-40-16-6-7-17-40/h2-5,8-15,34,36,39H,6-7,16-28H2,1H3/t34-,36-/m1/s1. The Balaban J connectivity index is 1.17. The van der Waals surface area contributed by atoms with Gasteiger partial charge in [0.05, 0.1) is 12.6 Å². The normalized spacial score (nSPS) is 19.6. The molecular weight excluding hydrogens is 582 g/mol. The summed E-state index contributed by atoms with van der Waals surface area (Å²) in [4.78, 5) is 24.0. The van der Waals surface area contributed by atoms with Gasteiger partial charge >= 0.3 is 0 Å². The summed E-state index contributed by atoms with van der Waals surface area (Å²) in [6.45, 7) is 9.43. The molecule has 2 atom stereocenters. The van der Waals surface area contributed by atoms with E-state index in [0.717, 1.165) is 57.8 Å². The monoisotopic (exact) mass is 629 g/mol. The summed E-state index contributed by atoms with van der Waals surface area (Å²) in [6, 6.07) is 25.5. The SMILES string of the molecule is COCCN(C[C@H]1Cc2ccccc2CN1)[C@H](Cc1ccc(Cl)cc1)C(=O)N1CCN(c2ccccc2CN2CCCC2)CC1. The first-order chi connectivity index (χ1) is 22.1. The zero-order valence-electron chi connectivity index (χ0n) is 26.7. The average Bonchev–Trinajstić information content (AvgIpc) is 3.60. The van der Waals surface area contributed by atoms with Crippen LogP contribution in [-0.2, 0) is 35.5 Å². The van der Waals surface area contributed by atoms with Crippen molar-refractivity contribution in [2.45, 2.75) is 50.9 Å². The highest BCUT2D eigenvalue weighted by Gasteiger charge is 2.34. The summed E-state index contributed by atoms with van der Waals surface area (Å²) < 4.78 is 5.57. The Bertz CT molecular complexity index is 1390. The van der Waals surface area contributed by atoms with Gasteiger partial charge in [0.15, 0.2) is 0 Å². The van der Waals surface area contributed by atoms with Crippen molar-refractivity contribution in [3.63, 3.8) is 0 Å². The molecule has 3 aliphatic rings. The summed E-state index contributed by atoms with van der Waals surface area (Å²) in [6.07, 6.45) is 4.19. The molecule has 1 amide bonds. The van der Waals surface area contributed by atoms with Gasteiger partial charge in [-0.15, -0.1) is 0 Å². The summed E-state index contributed by atoms with van der Waals surface area (Å²) in [5.74, 6) is 0.210. The number of hydrogen-bond acceptors (Lipinski definition) is 6. The number of amides is 1. The Hall–Kier alpha value is -2.94. The Morgan fingerprint density at radius 1 is 0.933 bits per heavy atom. The van der Waals surface area contributed by atoms with Crippen molar-refractivity contribution in [2.24, 2.45) is 0 Å². The van der Waals surface area contributed by atoms with Crippen LogP contribution in [0.15, 0.2) is 72.8 Å². The third kappa shape index (κ3) is 8.27. The Morgan fingerprint density at radius 2 is 1.64 bits per heavy atom. The molecule has 0 aliphatic carbocycles. The molecule has 3 aromatic carbocycles. The zero-order valence-corrected chi connectivity index (χ0v) is 27.4. The molecule has 0 bridgehead atoms. The maximum absolute atomic E-state index is 14.5. The highest BCUT2D eigenvalue weighted by molar-refractivity contribution is 6.30. The van der Waals surface area contributed by atoms with Gasteiger partial charge in [0, 0.05) is 76.2 Å². The second-order valence-corrected chi connectivity index (χ2v) is 13.2. The van der Waals surface area contributed by atoms with Gasteiger partial charge in [0.25, 0.3) is 0 Å². The van der Waals surface area contributed by atoms with Gasteiger partial charge in [-0.25, -0.2) is 0 Å². The highest BCUT2D eigenvalue weighted by Crippen LogP contribution is 2.26. The lowest BCUT2D eigenvalue weighted by molar-refractivity contribution is -0.137.